The van der Waals surface area contributed by atoms with Crippen LogP contribution in [0, 0.1) is 0 Å². The van der Waals surface area contributed by atoms with E-state index in [4.69, 9.17) is 4.42 Å². The lowest BCUT2D eigenvalue weighted by atomic mass is 9.90. The molecule has 0 saturated carbocycles. The Hall–Kier alpha value is -7.42. The van der Waals surface area contributed by atoms with Crippen LogP contribution in [0.25, 0.3) is 87.6 Å². The molecule has 2 heteroatoms. The third kappa shape index (κ3) is 5.19. The first-order valence-corrected chi connectivity index (χ1v) is 19.2. The molecule has 0 atom stereocenters. The number of rotatable bonds is 6. The van der Waals surface area contributed by atoms with Crippen LogP contribution in [0.4, 0.5) is 17.1 Å². The van der Waals surface area contributed by atoms with Crippen LogP contribution < -0.4 is 4.90 Å². The van der Waals surface area contributed by atoms with Crippen molar-refractivity contribution in [3.63, 3.8) is 0 Å². The molecule has 0 saturated heterocycles. The quantitative estimate of drug-likeness (QED) is 0.160. The van der Waals surface area contributed by atoms with Crippen molar-refractivity contribution < 1.29 is 4.42 Å². The molecular formula is C54H35NO. The van der Waals surface area contributed by atoms with Crippen molar-refractivity contribution in [3.8, 4) is 33.4 Å². The number of nitrogens with zero attached hydrogens (tertiary/aromatic N) is 1. The largest absolute Gasteiger partial charge is 0.456 e. The summed E-state index contributed by atoms with van der Waals surface area (Å²) in [5.74, 6) is 0. The van der Waals surface area contributed by atoms with Gasteiger partial charge in [-0.3, -0.25) is 0 Å². The van der Waals surface area contributed by atoms with E-state index < -0.39 is 0 Å². The first-order valence-electron chi connectivity index (χ1n) is 19.2. The summed E-state index contributed by atoms with van der Waals surface area (Å²) in [5.41, 5.74) is 11.9. The van der Waals surface area contributed by atoms with Gasteiger partial charge >= 0.3 is 0 Å². The maximum Gasteiger partial charge on any atom is 0.136 e. The Morgan fingerprint density at radius 1 is 0.286 bits per heavy atom. The Kier molecular flexibility index (Phi) is 7.53. The molecule has 0 bridgehead atoms. The van der Waals surface area contributed by atoms with Gasteiger partial charge in [0.1, 0.15) is 11.2 Å². The second kappa shape index (κ2) is 13.2. The molecule has 0 fully saturated rings. The average molecular weight is 714 g/mol. The summed E-state index contributed by atoms with van der Waals surface area (Å²) in [6, 6.07) is 76.6. The molecule has 0 spiro atoms. The van der Waals surface area contributed by atoms with E-state index in [-0.39, 0.29) is 0 Å². The van der Waals surface area contributed by atoms with Crippen molar-refractivity contribution in [1.82, 2.24) is 0 Å². The Morgan fingerprint density at radius 3 is 1.54 bits per heavy atom. The van der Waals surface area contributed by atoms with Crippen LogP contribution in [0.1, 0.15) is 0 Å². The van der Waals surface area contributed by atoms with Crippen molar-refractivity contribution in [2.45, 2.75) is 0 Å². The molecule has 10 aromatic carbocycles. The standard InChI is InChI=1S/C54H35NO/c1-3-16-36(17-4-1)40-20-11-13-27-50(40)55(39-31-33-46-44-23-8-7-21-42(44)43-22-9-10-24-45(43)49(46)35-39)51-28-15-26-41(54(51)37-18-5-2-6-19-37)38-30-32-48-47-25-12-14-29-52(47)56-53(48)34-38/h1-35H. The van der Waals surface area contributed by atoms with E-state index in [0.29, 0.717) is 0 Å². The maximum atomic E-state index is 6.44. The summed E-state index contributed by atoms with van der Waals surface area (Å²) in [6.45, 7) is 0. The molecule has 0 radical (unpaired) electrons. The van der Waals surface area contributed by atoms with E-state index in [0.717, 1.165) is 72.4 Å². The van der Waals surface area contributed by atoms with Gasteiger partial charge in [-0.1, -0.05) is 170 Å². The number of furan rings is 1. The fourth-order valence-electron chi connectivity index (χ4n) is 8.74. The number of para-hydroxylation sites is 2. The number of fused-ring (bicyclic) bond motifs is 9. The zero-order chi connectivity index (χ0) is 37.0. The highest BCUT2D eigenvalue weighted by Gasteiger charge is 2.24. The van der Waals surface area contributed by atoms with Gasteiger partial charge in [-0.15, -0.1) is 0 Å². The lowest BCUT2D eigenvalue weighted by Gasteiger charge is -2.31. The van der Waals surface area contributed by atoms with Gasteiger partial charge in [0, 0.05) is 27.6 Å². The SMILES string of the molecule is c1ccc(-c2ccccc2N(c2ccc3c4ccccc4c4ccccc4c3c2)c2cccc(-c3ccc4c(c3)oc3ccccc34)c2-c2ccccc2)cc1. The molecule has 1 heterocycles. The predicted molar refractivity (Wildman–Crippen MR) is 237 cm³/mol. The molecule has 56 heavy (non-hydrogen) atoms. The van der Waals surface area contributed by atoms with Gasteiger partial charge in [0.25, 0.3) is 0 Å². The van der Waals surface area contributed by atoms with Crippen LogP contribution in [0.15, 0.2) is 217 Å². The Balaban J connectivity index is 1.22. The second-order valence-electron chi connectivity index (χ2n) is 14.4. The molecule has 262 valence electrons. The summed E-state index contributed by atoms with van der Waals surface area (Å²) in [5, 5.41) is 9.77. The number of hydrogen-bond donors (Lipinski definition) is 0. The maximum absolute atomic E-state index is 6.44. The van der Waals surface area contributed by atoms with Gasteiger partial charge < -0.3 is 9.32 Å². The zero-order valence-corrected chi connectivity index (χ0v) is 30.6. The second-order valence-corrected chi connectivity index (χ2v) is 14.4. The van der Waals surface area contributed by atoms with Gasteiger partial charge in [-0.2, -0.15) is 0 Å². The minimum absolute atomic E-state index is 0.882. The fourth-order valence-corrected chi connectivity index (χ4v) is 8.74. The first kappa shape index (κ1) is 32.0. The number of anilines is 3. The molecule has 0 aliphatic rings. The van der Waals surface area contributed by atoms with E-state index in [1.807, 2.05) is 12.1 Å². The van der Waals surface area contributed by atoms with Gasteiger partial charge in [-0.05, 0) is 97.0 Å². The van der Waals surface area contributed by atoms with Crippen molar-refractivity contribution in [2.24, 2.45) is 0 Å². The fraction of sp³-hybridized carbons (Fsp3) is 0. The highest BCUT2D eigenvalue weighted by Crippen LogP contribution is 2.49. The molecule has 0 aliphatic carbocycles. The molecule has 11 rings (SSSR count). The predicted octanol–water partition coefficient (Wildman–Crippen LogP) is 15.5. The molecule has 0 amide bonds. The van der Waals surface area contributed by atoms with E-state index in [1.165, 1.54) is 32.3 Å². The van der Waals surface area contributed by atoms with Crippen LogP contribution in [0.2, 0.25) is 0 Å². The van der Waals surface area contributed by atoms with Crippen LogP contribution in [-0.4, -0.2) is 0 Å². The highest BCUT2D eigenvalue weighted by atomic mass is 16.3. The number of hydrogen-bond acceptors (Lipinski definition) is 2. The van der Waals surface area contributed by atoms with Crippen molar-refractivity contribution in [3.05, 3.63) is 212 Å². The van der Waals surface area contributed by atoms with Crippen LogP contribution in [0.3, 0.4) is 0 Å². The summed E-state index contributed by atoms with van der Waals surface area (Å²) < 4.78 is 6.44. The highest BCUT2D eigenvalue weighted by molar-refractivity contribution is 6.26. The normalized spacial score (nSPS) is 11.6. The van der Waals surface area contributed by atoms with Gasteiger partial charge in [-0.25, -0.2) is 0 Å². The molecule has 2 nitrogen and oxygen atoms in total. The third-order valence-electron chi connectivity index (χ3n) is 11.3. The van der Waals surface area contributed by atoms with Gasteiger partial charge in [0.15, 0.2) is 0 Å². The molecule has 0 unspecified atom stereocenters. The number of benzene rings is 10. The average Bonchev–Trinajstić information content (AvgIpc) is 3.65. The zero-order valence-electron chi connectivity index (χ0n) is 30.6. The molecule has 0 N–H and O–H groups in total. The molecular weight excluding hydrogens is 679 g/mol. The van der Waals surface area contributed by atoms with E-state index in [2.05, 4.69) is 205 Å². The minimum Gasteiger partial charge on any atom is -0.456 e. The van der Waals surface area contributed by atoms with E-state index in [9.17, 15) is 0 Å². The summed E-state index contributed by atoms with van der Waals surface area (Å²) in [7, 11) is 0. The Labute approximate surface area is 325 Å². The van der Waals surface area contributed by atoms with E-state index in [1.54, 1.807) is 0 Å². The summed E-state index contributed by atoms with van der Waals surface area (Å²) in [6.07, 6.45) is 0. The molecule has 11 aromatic rings. The topological polar surface area (TPSA) is 16.4 Å². The minimum atomic E-state index is 0.882. The molecule has 0 aliphatic heterocycles. The van der Waals surface area contributed by atoms with Crippen molar-refractivity contribution in [2.75, 3.05) is 4.90 Å². The van der Waals surface area contributed by atoms with Crippen LogP contribution >= 0.6 is 0 Å². The Morgan fingerprint density at radius 2 is 0.804 bits per heavy atom. The third-order valence-corrected chi connectivity index (χ3v) is 11.3. The van der Waals surface area contributed by atoms with Crippen molar-refractivity contribution in [1.29, 1.82) is 0 Å². The molecule has 1 aromatic heterocycles. The monoisotopic (exact) mass is 713 g/mol. The summed E-state index contributed by atoms with van der Waals surface area (Å²) in [4.78, 5) is 2.47. The van der Waals surface area contributed by atoms with E-state index >= 15 is 0 Å². The lowest BCUT2D eigenvalue weighted by Crippen LogP contribution is -2.13. The van der Waals surface area contributed by atoms with Crippen LogP contribution in [-0.2, 0) is 0 Å². The smallest absolute Gasteiger partial charge is 0.136 e. The first-order chi connectivity index (χ1) is 27.8. The summed E-state index contributed by atoms with van der Waals surface area (Å²) >= 11 is 0. The van der Waals surface area contributed by atoms with Crippen LogP contribution in [0.5, 0.6) is 0 Å². The van der Waals surface area contributed by atoms with Crippen molar-refractivity contribution >= 4 is 71.3 Å². The lowest BCUT2D eigenvalue weighted by molar-refractivity contribution is 0.669. The Bertz CT molecular complexity index is 3220. The van der Waals surface area contributed by atoms with Gasteiger partial charge in [0.2, 0.25) is 0 Å². The van der Waals surface area contributed by atoms with Gasteiger partial charge in [0.05, 0.1) is 11.4 Å².